The largest absolute Gasteiger partial charge is 0.484 e. The fourth-order valence-corrected chi connectivity index (χ4v) is 2.86. The number of carbonyl (C=O) groups excluding carboxylic acids is 1. The predicted octanol–water partition coefficient (Wildman–Crippen LogP) is 1.70. The molecule has 0 aromatic heterocycles. The SMILES string of the molecule is CC1CCCC(O)(CNC(=O)COc2cccc(N)c2)C1. The van der Waals surface area contributed by atoms with Crippen molar-refractivity contribution in [1.29, 1.82) is 0 Å². The molecule has 1 aromatic carbocycles. The van der Waals surface area contributed by atoms with Crippen LogP contribution in [0.3, 0.4) is 0 Å². The first-order valence-corrected chi connectivity index (χ1v) is 7.44. The summed E-state index contributed by atoms with van der Waals surface area (Å²) in [6.45, 7) is 2.35. The van der Waals surface area contributed by atoms with Gasteiger partial charge in [-0.3, -0.25) is 4.79 Å². The summed E-state index contributed by atoms with van der Waals surface area (Å²) in [4.78, 5) is 11.8. The van der Waals surface area contributed by atoms with Crippen molar-refractivity contribution in [3.63, 3.8) is 0 Å². The quantitative estimate of drug-likeness (QED) is 0.721. The molecule has 116 valence electrons. The highest BCUT2D eigenvalue weighted by Gasteiger charge is 2.32. The van der Waals surface area contributed by atoms with Crippen LogP contribution in [0.4, 0.5) is 5.69 Å². The summed E-state index contributed by atoms with van der Waals surface area (Å²) in [5.74, 6) is 0.837. The molecule has 21 heavy (non-hydrogen) atoms. The number of hydrogen-bond donors (Lipinski definition) is 3. The minimum atomic E-state index is -0.773. The van der Waals surface area contributed by atoms with Crippen molar-refractivity contribution in [1.82, 2.24) is 5.32 Å². The Hall–Kier alpha value is -1.75. The van der Waals surface area contributed by atoms with Crippen molar-refractivity contribution >= 4 is 11.6 Å². The third-order valence-corrected chi connectivity index (χ3v) is 3.91. The molecular formula is C16H24N2O3. The number of nitrogens with one attached hydrogen (secondary N) is 1. The Bertz CT molecular complexity index is 492. The molecule has 4 N–H and O–H groups in total. The molecule has 2 rings (SSSR count). The number of ether oxygens (including phenoxy) is 1. The smallest absolute Gasteiger partial charge is 0.258 e. The van der Waals surface area contributed by atoms with Crippen LogP contribution in [0.15, 0.2) is 24.3 Å². The number of hydrogen-bond acceptors (Lipinski definition) is 4. The minimum absolute atomic E-state index is 0.0743. The van der Waals surface area contributed by atoms with Gasteiger partial charge in [0.2, 0.25) is 0 Å². The minimum Gasteiger partial charge on any atom is -0.484 e. The fourth-order valence-electron chi connectivity index (χ4n) is 2.86. The lowest BCUT2D eigenvalue weighted by Crippen LogP contribution is -2.46. The molecule has 0 bridgehead atoms. The van der Waals surface area contributed by atoms with E-state index in [1.807, 2.05) is 0 Å². The number of rotatable bonds is 5. The van der Waals surface area contributed by atoms with Gasteiger partial charge in [-0.1, -0.05) is 25.8 Å². The maximum Gasteiger partial charge on any atom is 0.258 e. The van der Waals surface area contributed by atoms with E-state index in [0.29, 0.717) is 17.4 Å². The highest BCUT2D eigenvalue weighted by molar-refractivity contribution is 5.77. The summed E-state index contributed by atoms with van der Waals surface area (Å²) in [6.07, 6.45) is 3.64. The van der Waals surface area contributed by atoms with E-state index in [1.54, 1.807) is 24.3 Å². The van der Waals surface area contributed by atoms with E-state index in [9.17, 15) is 9.90 Å². The van der Waals surface area contributed by atoms with Gasteiger partial charge >= 0.3 is 0 Å². The second-order valence-electron chi connectivity index (χ2n) is 6.06. The van der Waals surface area contributed by atoms with Crippen LogP contribution < -0.4 is 15.8 Å². The number of nitrogens with two attached hydrogens (primary N) is 1. The van der Waals surface area contributed by atoms with Crippen molar-refractivity contribution in [3.05, 3.63) is 24.3 Å². The summed E-state index contributed by atoms with van der Waals surface area (Å²) < 4.78 is 5.37. The average molecular weight is 292 g/mol. The zero-order valence-electron chi connectivity index (χ0n) is 12.5. The Morgan fingerprint density at radius 1 is 1.57 bits per heavy atom. The van der Waals surface area contributed by atoms with Crippen LogP contribution in [0.25, 0.3) is 0 Å². The van der Waals surface area contributed by atoms with Crippen LogP contribution in [-0.4, -0.2) is 29.8 Å². The molecule has 0 heterocycles. The van der Waals surface area contributed by atoms with Crippen molar-refractivity contribution in [2.24, 2.45) is 5.92 Å². The molecule has 1 aliphatic rings. The monoisotopic (exact) mass is 292 g/mol. The van der Waals surface area contributed by atoms with E-state index in [2.05, 4.69) is 12.2 Å². The fraction of sp³-hybridized carbons (Fsp3) is 0.562. The van der Waals surface area contributed by atoms with E-state index in [4.69, 9.17) is 10.5 Å². The normalized spacial score (nSPS) is 25.3. The van der Waals surface area contributed by atoms with Crippen LogP contribution in [0.1, 0.15) is 32.6 Å². The predicted molar refractivity (Wildman–Crippen MR) is 81.9 cm³/mol. The third kappa shape index (κ3) is 4.93. The van der Waals surface area contributed by atoms with Gasteiger partial charge in [-0.15, -0.1) is 0 Å². The van der Waals surface area contributed by atoms with E-state index >= 15 is 0 Å². The number of anilines is 1. The molecule has 0 radical (unpaired) electrons. The van der Waals surface area contributed by atoms with Gasteiger partial charge in [0.15, 0.2) is 6.61 Å². The lowest BCUT2D eigenvalue weighted by molar-refractivity contribution is -0.125. The molecule has 0 spiro atoms. The number of benzene rings is 1. The van der Waals surface area contributed by atoms with Crippen molar-refractivity contribution in [3.8, 4) is 5.75 Å². The molecule has 5 heteroatoms. The van der Waals surface area contributed by atoms with Crippen molar-refractivity contribution < 1.29 is 14.6 Å². The van der Waals surface area contributed by atoms with Gasteiger partial charge in [-0.2, -0.15) is 0 Å². The van der Waals surface area contributed by atoms with Gasteiger partial charge in [0, 0.05) is 18.3 Å². The maximum atomic E-state index is 11.8. The van der Waals surface area contributed by atoms with Gasteiger partial charge < -0.3 is 20.9 Å². The summed E-state index contributed by atoms with van der Waals surface area (Å²) in [6, 6.07) is 6.95. The van der Waals surface area contributed by atoms with Gasteiger partial charge in [0.1, 0.15) is 5.75 Å². The van der Waals surface area contributed by atoms with Crippen LogP contribution >= 0.6 is 0 Å². The molecule has 0 saturated heterocycles. The number of carbonyl (C=O) groups is 1. The van der Waals surface area contributed by atoms with Crippen LogP contribution in [-0.2, 0) is 4.79 Å². The Balaban J connectivity index is 1.74. The zero-order valence-corrected chi connectivity index (χ0v) is 12.5. The van der Waals surface area contributed by atoms with Gasteiger partial charge in [-0.05, 0) is 30.9 Å². The van der Waals surface area contributed by atoms with E-state index < -0.39 is 5.60 Å². The first-order valence-electron chi connectivity index (χ1n) is 7.44. The van der Waals surface area contributed by atoms with Gasteiger partial charge in [0.05, 0.1) is 5.60 Å². The number of nitrogen functional groups attached to an aromatic ring is 1. The molecule has 0 aliphatic heterocycles. The number of amides is 1. The standard InChI is InChI=1S/C16H24N2O3/c1-12-4-3-7-16(20,9-12)11-18-15(19)10-21-14-6-2-5-13(17)8-14/h2,5-6,8,12,20H,3-4,7,9-11,17H2,1H3,(H,18,19). The summed E-state index contributed by atoms with van der Waals surface area (Å²) in [5, 5.41) is 13.2. The molecule has 1 aliphatic carbocycles. The molecule has 1 saturated carbocycles. The first-order chi connectivity index (χ1) is 9.97. The second kappa shape index (κ2) is 6.80. The lowest BCUT2D eigenvalue weighted by Gasteiger charge is -2.35. The highest BCUT2D eigenvalue weighted by atomic mass is 16.5. The van der Waals surface area contributed by atoms with E-state index in [-0.39, 0.29) is 19.1 Å². The summed E-state index contributed by atoms with van der Waals surface area (Å²) >= 11 is 0. The molecule has 1 aromatic rings. The molecule has 2 unspecified atom stereocenters. The van der Waals surface area contributed by atoms with Crippen molar-refractivity contribution in [2.75, 3.05) is 18.9 Å². The van der Waals surface area contributed by atoms with Crippen LogP contribution in [0.5, 0.6) is 5.75 Å². The first kappa shape index (κ1) is 15.6. The Morgan fingerprint density at radius 2 is 2.38 bits per heavy atom. The molecule has 1 amide bonds. The molecule has 2 atom stereocenters. The average Bonchev–Trinajstić information content (AvgIpc) is 2.43. The molecular weight excluding hydrogens is 268 g/mol. The Labute approximate surface area is 125 Å². The van der Waals surface area contributed by atoms with E-state index in [1.165, 1.54) is 0 Å². The molecule has 1 fully saturated rings. The lowest BCUT2D eigenvalue weighted by atomic mass is 9.79. The highest BCUT2D eigenvalue weighted by Crippen LogP contribution is 2.31. The molecule has 5 nitrogen and oxygen atoms in total. The van der Waals surface area contributed by atoms with E-state index in [0.717, 1.165) is 25.7 Å². The Morgan fingerprint density at radius 3 is 3.10 bits per heavy atom. The van der Waals surface area contributed by atoms with Gasteiger partial charge in [-0.25, -0.2) is 0 Å². The summed E-state index contributed by atoms with van der Waals surface area (Å²) in [5.41, 5.74) is 5.46. The second-order valence-corrected chi connectivity index (χ2v) is 6.06. The Kier molecular flexibility index (Phi) is 5.07. The maximum absolute atomic E-state index is 11.8. The third-order valence-electron chi connectivity index (χ3n) is 3.91. The van der Waals surface area contributed by atoms with Crippen molar-refractivity contribution in [2.45, 2.75) is 38.2 Å². The van der Waals surface area contributed by atoms with Crippen LogP contribution in [0.2, 0.25) is 0 Å². The zero-order chi connectivity index (χ0) is 15.3. The van der Waals surface area contributed by atoms with Crippen LogP contribution in [0, 0.1) is 5.92 Å². The number of aliphatic hydroxyl groups is 1. The van der Waals surface area contributed by atoms with Gasteiger partial charge in [0.25, 0.3) is 5.91 Å². The summed E-state index contributed by atoms with van der Waals surface area (Å²) in [7, 11) is 0. The topological polar surface area (TPSA) is 84.6 Å².